The molecule has 0 bridgehead atoms. The highest BCUT2D eigenvalue weighted by atomic mass is 19.1. The summed E-state index contributed by atoms with van der Waals surface area (Å²) in [4.78, 5) is 23.3. The van der Waals surface area contributed by atoms with E-state index in [0.29, 0.717) is 11.3 Å². The van der Waals surface area contributed by atoms with E-state index in [0.717, 1.165) is 18.1 Å². The van der Waals surface area contributed by atoms with Gasteiger partial charge in [-0.05, 0) is 47.9 Å². The molecule has 0 fully saturated rings. The molecular formula is C19H18FNO3. The Balaban J connectivity index is 1.81. The quantitative estimate of drug-likeness (QED) is 0.652. The zero-order valence-electron chi connectivity index (χ0n) is 13.3. The van der Waals surface area contributed by atoms with Crippen molar-refractivity contribution in [2.24, 2.45) is 0 Å². The van der Waals surface area contributed by atoms with Crippen LogP contribution in [-0.2, 0) is 20.7 Å². The van der Waals surface area contributed by atoms with E-state index in [-0.39, 0.29) is 12.4 Å². The first-order valence-electron chi connectivity index (χ1n) is 7.56. The third-order valence-electron chi connectivity index (χ3n) is 3.23. The average Bonchev–Trinajstić information content (AvgIpc) is 2.58. The molecule has 0 aromatic heterocycles. The average molecular weight is 327 g/mol. The van der Waals surface area contributed by atoms with E-state index in [1.54, 1.807) is 12.1 Å². The molecule has 0 saturated carbocycles. The molecule has 1 amide bonds. The minimum absolute atomic E-state index is 0.386. The molecule has 0 unspecified atom stereocenters. The molecule has 0 spiro atoms. The highest BCUT2D eigenvalue weighted by Crippen LogP contribution is 2.11. The van der Waals surface area contributed by atoms with E-state index < -0.39 is 11.9 Å². The van der Waals surface area contributed by atoms with Crippen molar-refractivity contribution in [2.45, 2.75) is 13.3 Å². The number of anilines is 1. The molecule has 2 aromatic carbocycles. The van der Waals surface area contributed by atoms with Crippen molar-refractivity contribution >= 4 is 23.6 Å². The molecule has 0 radical (unpaired) electrons. The Morgan fingerprint density at radius 2 is 1.96 bits per heavy atom. The van der Waals surface area contributed by atoms with Crippen molar-refractivity contribution in [3.8, 4) is 0 Å². The summed E-state index contributed by atoms with van der Waals surface area (Å²) in [5, 5.41) is 2.66. The number of amides is 1. The van der Waals surface area contributed by atoms with Gasteiger partial charge in [-0.3, -0.25) is 4.79 Å². The highest BCUT2D eigenvalue weighted by Gasteiger charge is 2.06. The molecule has 0 aliphatic heterocycles. The topological polar surface area (TPSA) is 55.4 Å². The fourth-order valence-electron chi connectivity index (χ4n) is 2.03. The molecule has 0 aliphatic carbocycles. The number of hydrogen-bond acceptors (Lipinski definition) is 3. The predicted octanol–water partition coefficient (Wildman–Crippen LogP) is 3.58. The van der Waals surface area contributed by atoms with Crippen molar-refractivity contribution in [1.82, 2.24) is 0 Å². The zero-order valence-corrected chi connectivity index (χ0v) is 13.3. The van der Waals surface area contributed by atoms with E-state index in [1.807, 2.05) is 25.1 Å². The first-order valence-corrected chi connectivity index (χ1v) is 7.56. The van der Waals surface area contributed by atoms with Crippen molar-refractivity contribution in [3.05, 3.63) is 71.6 Å². The maximum Gasteiger partial charge on any atom is 0.331 e. The number of benzene rings is 2. The largest absolute Gasteiger partial charge is 0.452 e. The third kappa shape index (κ3) is 5.68. The third-order valence-corrected chi connectivity index (χ3v) is 3.23. The summed E-state index contributed by atoms with van der Waals surface area (Å²) < 4.78 is 17.9. The molecule has 0 aliphatic rings. The van der Waals surface area contributed by atoms with Gasteiger partial charge in [0.1, 0.15) is 5.82 Å². The number of aryl methyl sites for hydroxylation is 1. The van der Waals surface area contributed by atoms with Gasteiger partial charge in [-0.1, -0.05) is 31.2 Å². The molecular weight excluding hydrogens is 309 g/mol. The second-order valence-electron chi connectivity index (χ2n) is 5.10. The summed E-state index contributed by atoms with van der Waals surface area (Å²) in [6.07, 6.45) is 3.44. The summed E-state index contributed by atoms with van der Waals surface area (Å²) >= 11 is 0. The summed E-state index contributed by atoms with van der Waals surface area (Å²) in [6, 6.07) is 13.2. The fourth-order valence-corrected chi connectivity index (χ4v) is 2.03. The molecule has 2 rings (SSSR count). The lowest BCUT2D eigenvalue weighted by Crippen LogP contribution is -2.20. The second kappa shape index (κ2) is 8.62. The van der Waals surface area contributed by atoms with Crippen molar-refractivity contribution < 1.29 is 18.7 Å². The van der Waals surface area contributed by atoms with E-state index in [1.165, 1.54) is 24.3 Å². The Bertz CT molecular complexity index is 756. The Hall–Kier alpha value is -2.95. The van der Waals surface area contributed by atoms with Gasteiger partial charge in [0.15, 0.2) is 6.61 Å². The molecule has 5 heteroatoms. The van der Waals surface area contributed by atoms with Crippen LogP contribution in [0.1, 0.15) is 18.1 Å². The zero-order chi connectivity index (χ0) is 17.4. The molecule has 24 heavy (non-hydrogen) atoms. The number of carbonyl (C=O) groups is 2. The van der Waals surface area contributed by atoms with Crippen LogP contribution in [0, 0.1) is 5.82 Å². The molecule has 124 valence electrons. The lowest BCUT2D eigenvalue weighted by atomic mass is 10.1. The number of ether oxygens (including phenoxy) is 1. The summed E-state index contributed by atoms with van der Waals surface area (Å²) in [5.74, 6) is -1.48. The van der Waals surface area contributed by atoms with Gasteiger partial charge in [0.2, 0.25) is 0 Å². The Kier molecular flexibility index (Phi) is 6.25. The maximum absolute atomic E-state index is 13.0. The van der Waals surface area contributed by atoms with Gasteiger partial charge >= 0.3 is 5.97 Å². The number of nitrogens with one attached hydrogen (secondary N) is 1. The van der Waals surface area contributed by atoms with E-state index >= 15 is 0 Å². The van der Waals surface area contributed by atoms with Crippen LogP contribution in [0.25, 0.3) is 6.08 Å². The van der Waals surface area contributed by atoms with Crippen molar-refractivity contribution in [2.75, 3.05) is 11.9 Å². The Morgan fingerprint density at radius 3 is 2.71 bits per heavy atom. The van der Waals surface area contributed by atoms with Crippen LogP contribution in [0.4, 0.5) is 10.1 Å². The van der Waals surface area contributed by atoms with E-state index in [2.05, 4.69) is 5.32 Å². The normalized spacial score (nSPS) is 10.6. The predicted molar refractivity (Wildman–Crippen MR) is 90.8 cm³/mol. The SMILES string of the molecule is CCc1cccc(NC(=O)COC(=O)/C=C/c2cccc(F)c2)c1. The van der Waals surface area contributed by atoms with Gasteiger partial charge in [0, 0.05) is 11.8 Å². The first-order chi connectivity index (χ1) is 11.6. The second-order valence-corrected chi connectivity index (χ2v) is 5.10. The van der Waals surface area contributed by atoms with Crippen LogP contribution in [-0.4, -0.2) is 18.5 Å². The molecule has 1 N–H and O–H groups in total. The molecule has 2 aromatic rings. The standard InChI is InChI=1S/C19H18FNO3/c1-2-14-5-4-8-17(12-14)21-18(22)13-24-19(23)10-9-15-6-3-7-16(20)11-15/h3-12H,2,13H2,1H3,(H,21,22)/b10-9+. The summed E-state index contributed by atoms with van der Waals surface area (Å²) in [5.41, 5.74) is 2.29. The monoisotopic (exact) mass is 327 g/mol. The Labute approximate surface area is 140 Å². The van der Waals surface area contributed by atoms with Gasteiger partial charge in [-0.15, -0.1) is 0 Å². The maximum atomic E-state index is 13.0. The molecule has 0 atom stereocenters. The van der Waals surface area contributed by atoms with Crippen LogP contribution < -0.4 is 5.32 Å². The van der Waals surface area contributed by atoms with Crippen molar-refractivity contribution in [1.29, 1.82) is 0 Å². The number of carbonyl (C=O) groups excluding carboxylic acids is 2. The molecule has 4 nitrogen and oxygen atoms in total. The summed E-state index contributed by atoms with van der Waals surface area (Å²) in [7, 11) is 0. The minimum atomic E-state index is -0.670. The van der Waals surface area contributed by atoms with Crippen LogP contribution in [0.2, 0.25) is 0 Å². The van der Waals surface area contributed by atoms with Crippen LogP contribution >= 0.6 is 0 Å². The number of rotatable bonds is 6. The van der Waals surface area contributed by atoms with Gasteiger partial charge in [-0.2, -0.15) is 0 Å². The number of halogens is 1. The smallest absolute Gasteiger partial charge is 0.331 e. The van der Waals surface area contributed by atoms with Gasteiger partial charge < -0.3 is 10.1 Å². The van der Waals surface area contributed by atoms with Crippen LogP contribution in [0.5, 0.6) is 0 Å². The van der Waals surface area contributed by atoms with Crippen LogP contribution in [0.15, 0.2) is 54.6 Å². The lowest BCUT2D eigenvalue weighted by Gasteiger charge is -2.06. The number of hydrogen-bond donors (Lipinski definition) is 1. The number of esters is 1. The van der Waals surface area contributed by atoms with Gasteiger partial charge in [0.25, 0.3) is 5.91 Å². The highest BCUT2D eigenvalue weighted by molar-refractivity contribution is 5.94. The van der Waals surface area contributed by atoms with Gasteiger partial charge in [-0.25, -0.2) is 9.18 Å². The minimum Gasteiger partial charge on any atom is -0.452 e. The van der Waals surface area contributed by atoms with Crippen molar-refractivity contribution in [3.63, 3.8) is 0 Å². The van der Waals surface area contributed by atoms with E-state index in [4.69, 9.17) is 4.74 Å². The fraction of sp³-hybridized carbons (Fsp3) is 0.158. The van der Waals surface area contributed by atoms with Gasteiger partial charge in [0.05, 0.1) is 0 Å². The van der Waals surface area contributed by atoms with E-state index in [9.17, 15) is 14.0 Å². The van der Waals surface area contributed by atoms with Crippen LogP contribution in [0.3, 0.4) is 0 Å². The Morgan fingerprint density at radius 1 is 1.17 bits per heavy atom. The first kappa shape index (κ1) is 17.4. The molecule has 0 saturated heterocycles. The molecule has 0 heterocycles. The summed E-state index contributed by atoms with van der Waals surface area (Å²) in [6.45, 7) is 1.64. The lowest BCUT2D eigenvalue weighted by molar-refractivity contribution is -0.142.